The first-order valence-electron chi connectivity index (χ1n) is 15.3. The largest absolute Gasteiger partial charge is 0.462 e. The number of anilines is 2. The maximum Gasteiger partial charge on any atom is 0.318 e. The Balaban J connectivity index is 1.30. The molecule has 2 aromatic rings. The van der Waals surface area contributed by atoms with E-state index in [0.717, 1.165) is 49.3 Å². The number of carbonyl (C=O) groups is 1. The Hall–Kier alpha value is -3.68. The van der Waals surface area contributed by atoms with Gasteiger partial charge in [0.1, 0.15) is 12.4 Å². The first-order valence-corrected chi connectivity index (χ1v) is 15.3. The van der Waals surface area contributed by atoms with Gasteiger partial charge in [0.05, 0.1) is 30.3 Å². The zero-order valence-electron chi connectivity index (χ0n) is 24.5. The van der Waals surface area contributed by atoms with Gasteiger partial charge < -0.3 is 29.4 Å². The summed E-state index contributed by atoms with van der Waals surface area (Å²) in [7, 11) is 2.13. The van der Waals surface area contributed by atoms with Crippen LogP contribution in [-0.4, -0.2) is 101 Å². The Labute approximate surface area is 248 Å². The molecule has 42 heavy (non-hydrogen) atoms. The summed E-state index contributed by atoms with van der Waals surface area (Å²) in [6.07, 6.45) is 6.60. The van der Waals surface area contributed by atoms with Crippen molar-refractivity contribution in [1.82, 2.24) is 19.8 Å². The Morgan fingerprint density at radius 2 is 2.02 bits per heavy atom. The SMILES string of the molecule is C=CC(=O)N1CCN(c2nc(OC[C@@H]3CCCN3C)nc3c2CCC(N2CC(O)Cc4ccccc42)C3)C[C@@H]1CC#N. The second-order valence-electron chi connectivity index (χ2n) is 12.1. The van der Waals surface area contributed by atoms with Gasteiger partial charge in [0.15, 0.2) is 0 Å². The second kappa shape index (κ2) is 12.3. The molecule has 1 aromatic carbocycles. The Bertz CT molecular complexity index is 1360. The topological polar surface area (TPSA) is 109 Å². The molecule has 1 amide bonds. The molecule has 10 heteroatoms. The van der Waals surface area contributed by atoms with Crippen molar-refractivity contribution >= 4 is 17.4 Å². The monoisotopic (exact) mass is 571 g/mol. The number of hydrogen-bond donors (Lipinski definition) is 1. The lowest BCUT2D eigenvalue weighted by Gasteiger charge is -2.43. The quantitative estimate of drug-likeness (QED) is 0.501. The molecule has 0 saturated carbocycles. The zero-order valence-corrected chi connectivity index (χ0v) is 24.5. The molecule has 4 heterocycles. The maximum atomic E-state index is 12.5. The van der Waals surface area contributed by atoms with Crippen LogP contribution in [0.2, 0.25) is 0 Å². The van der Waals surface area contributed by atoms with Gasteiger partial charge in [-0.25, -0.2) is 0 Å². The molecule has 2 fully saturated rings. The van der Waals surface area contributed by atoms with Crippen LogP contribution in [0.15, 0.2) is 36.9 Å². The molecule has 0 spiro atoms. The van der Waals surface area contributed by atoms with Crippen molar-refractivity contribution in [3.05, 3.63) is 53.7 Å². The molecule has 222 valence electrons. The lowest BCUT2D eigenvalue weighted by molar-refractivity contribution is -0.128. The van der Waals surface area contributed by atoms with E-state index in [1.807, 2.05) is 6.07 Å². The van der Waals surface area contributed by atoms with E-state index in [9.17, 15) is 15.2 Å². The summed E-state index contributed by atoms with van der Waals surface area (Å²) in [6.45, 7) is 7.53. The van der Waals surface area contributed by atoms with Crippen LogP contribution in [0.3, 0.4) is 0 Å². The standard InChI is InChI=1S/C32H41N7O3/c1-3-30(41)38-16-15-37(19-24(38)12-13-33)31-27-11-10-23(39-20-26(40)17-22-7-4-5-9-29(22)39)18-28(27)34-32(35-31)42-21-25-8-6-14-36(25)2/h3-5,7,9,23-26,40H,1,6,8,10-12,14-21H2,2H3/t23?,24-,25-,26?/m0/s1. The number of rotatable bonds is 7. The van der Waals surface area contributed by atoms with Crippen molar-refractivity contribution < 1.29 is 14.6 Å². The predicted octanol–water partition coefficient (Wildman–Crippen LogP) is 2.35. The number of carbonyl (C=O) groups excluding carboxylic acids is 1. The van der Waals surface area contributed by atoms with Gasteiger partial charge >= 0.3 is 6.01 Å². The lowest BCUT2D eigenvalue weighted by Crippen LogP contribution is -2.55. The molecule has 1 aliphatic carbocycles. The van der Waals surface area contributed by atoms with Gasteiger partial charge in [0, 0.05) is 62.4 Å². The first kappa shape index (κ1) is 28.4. The van der Waals surface area contributed by atoms with Crippen LogP contribution in [0.5, 0.6) is 6.01 Å². The van der Waals surface area contributed by atoms with Crippen LogP contribution >= 0.6 is 0 Å². The van der Waals surface area contributed by atoms with Crippen molar-refractivity contribution in [2.75, 3.05) is 56.2 Å². The average Bonchev–Trinajstić information content (AvgIpc) is 3.42. The third kappa shape index (κ3) is 5.68. The number of fused-ring (bicyclic) bond motifs is 2. The third-order valence-electron chi connectivity index (χ3n) is 9.45. The molecular weight excluding hydrogens is 530 g/mol. The highest BCUT2D eigenvalue weighted by Crippen LogP contribution is 2.37. The fourth-order valence-electron chi connectivity index (χ4n) is 7.20. The predicted molar refractivity (Wildman–Crippen MR) is 161 cm³/mol. The minimum absolute atomic E-state index is 0.142. The van der Waals surface area contributed by atoms with Crippen molar-refractivity contribution in [3.8, 4) is 12.1 Å². The number of ether oxygens (including phenoxy) is 1. The maximum absolute atomic E-state index is 12.5. The van der Waals surface area contributed by atoms with Crippen molar-refractivity contribution in [3.63, 3.8) is 0 Å². The van der Waals surface area contributed by atoms with E-state index in [2.05, 4.69) is 52.6 Å². The molecule has 1 N–H and O–H groups in total. The lowest BCUT2D eigenvalue weighted by atomic mass is 9.88. The van der Waals surface area contributed by atoms with Gasteiger partial charge in [-0.1, -0.05) is 24.8 Å². The van der Waals surface area contributed by atoms with Crippen LogP contribution in [0.25, 0.3) is 0 Å². The number of amides is 1. The second-order valence-corrected chi connectivity index (χ2v) is 12.1. The van der Waals surface area contributed by atoms with Crippen molar-refractivity contribution in [2.24, 2.45) is 0 Å². The molecule has 2 unspecified atom stereocenters. The molecule has 2 saturated heterocycles. The average molecular weight is 572 g/mol. The summed E-state index contributed by atoms with van der Waals surface area (Å²) >= 11 is 0. The van der Waals surface area contributed by atoms with Gasteiger partial charge in [-0.3, -0.25) is 4.79 Å². The smallest absolute Gasteiger partial charge is 0.318 e. The van der Waals surface area contributed by atoms with E-state index in [1.54, 1.807) is 4.90 Å². The number of para-hydroxylation sites is 1. The molecule has 4 aliphatic rings. The Kier molecular flexibility index (Phi) is 8.31. The highest BCUT2D eigenvalue weighted by atomic mass is 16.5. The van der Waals surface area contributed by atoms with Crippen molar-refractivity contribution in [2.45, 2.75) is 69.2 Å². The minimum atomic E-state index is -0.392. The number of benzene rings is 1. The van der Waals surface area contributed by atoms with E-state index in [0.29, 0.717) is 51.3 Å². The fraction of sp³-hybridized carbons (Fsp3) is 0.562. The summed E-state index contributed by atoms with van der Waals surface area (Å²) in [6, 6.07) is 11.4. The summed E-state index contributed by atoms with van der Waals surface area (Å²) in [5.74, 6) is 0.720. The fourth-order valence-corrected chi connectivity index (χ4v) is 7.20. The number of likely N-dealkylation sites (N-methyl/N-ethyl adjacent to an activating group) is 1. The summed E-state index contributed by atoms with van der Waals surface area (Å²) in [5, 5.41) is 20.2. The van der Waals surface area contributed by atoms with Crippen LogP contribution in [0, 0.1) is 11.3 Å². The van der Waals surface area contributed by atoms with Gasteiger partial charge in [0.25, 0.3) is 0 Å². The molecule has 0 radical (unpaired) electrons. The molecule has 10 nitrogen and oxygen atoms in total. The van der Waals surface area contributed by atoms with Gasteiger partial charge in [-0.15, -0.1) is 0 Å². The van der Waals surface area contributed by atoms with Gasteiger partial charge in [-0.2, -0.15) is 15.2 Å². The van der Waals surface area contributed by atoms with E-state index in [1.165, 1.54) is 23.7 Å². The number of β-amino-alcohol motifs (C(OH)–C–C–N with tert-alkyl or cyclic N) is 1. The Morgan fingerprint density at radius 3 is 2.81 bits per heavy atom. The molecule has 0 bridgehead atoms. The summed E-state index contributed by atoms with van der Waals surface area (Å²) < 4.78 is 6.29. The number of aromatic nitrogens is 2. The molecule has 1 aromatic heterocycles. The number of hydrogen-bond acceptors (Lipinski definition) is 9. The zero-order chi connectivity index (χ0) is 29.2. The molecule has 6 rings (SSSR count). The summed E-state index contributed by atoms with van der Waals surface area (Å²) in [4.78, 5) is 31.2. The number of piperazine rings is 1. The summed E-state index contributed by atoms with van der Waals surface area (Å²) in [5.41, 5.74) is 4.51. The highest BCUT2D eigenvalue weighted by molar-refractivity contribution is 5.87. The first-order chi connectivity index (χ1) is 20.4. The van der Waals surface area contributed by atoms with Crippen LogP contribution in [0.4, 0.5) is 11.5 Å². The van der Waals surface area contributed by atoms with E-state index in [4.69, 9.17) is 14.7 Å². The minimum Gasteiger partial charge on any atom is -0.462 e. The molecular formula is C32H41N7O3. The number of aliphatic hydroxyl groups is 1. The number of likely N-dealkylation sites (tertiary alicyclic amines) is 1. The van der Waals surface area contributed by atoms with Gasteiger partial charge in [0.2, 0.25) is 5.91 Å². The molecule has 4 atom stereocenters. The van der Waals surface area contributed by atoms with Gasteiger partial charge in [-0.05, 0) is 57.0 Å². The van der Waals surface area contributed by atoms with Crippen molar-refractivity contribution in [1.29, 1.82) is 5.26 Å². The number of nitriles is 1. The third-order valence-corrected chi connectivity index (χ3v) is 9.45. The van der Waals surface area contributed by atoms with E-state index >= 15 is 0 Å². The van der Waals surface area contributed by atoms with Crippen LogP contribution in [-0.2, 0) is 24.1 Å². The van der Waals surface area contributed by atoms with E-state index in [-0.39, 0.29) is 24.4 Å². The Morgan fingerprint density at radius 1 is 1.17 bits per heavy atom. The highest BCUT2D eigenvalue weighted by Gasteiger charge is 2.36. The van der Waals surface area contributed by atoms with E-state index < -0.39 is 6.10 Å². The number of aliphatic hydroxyl groups excluding tert-OH is 1. The van der Waals surface area contributed by atoms with Crippen LogP contribution < -0.4 is 14.5 Å². The normalized spacial score (nSPS) is 25.9. The molecule has 3 aliphatic heterocycles. The van der Waals surface area contributed by atoms with Crippen LogP contribution in [0.1, 0.15) is 42.5 Å². The number of nitrogens with zero attached hydrogens (tertiary/aromatic N) is 7.